The van der Waals surface area contributed by atoms with Gasteiger partial charge >= 0.3 is 0 Å². The number of Topliss-reactive ketones (excluding diaryl/α,β-unsaturated/α-hetero) is 2. The predicted octanol–water partition coefficient (Wildman–Crippen LogP) is 1.69. The van der Waals surface area contributed by atoms with Gasteiger partial charge in [-0.25, -0.2) is 4.39 Å². The van der Waals surface area contributed by atoms with Crippen molar-refractivity contribution in [3.05, 3.63) is 87.6 Å². The third-order valence-corrected chi connectivity index (χ3v) is 7.09. The first-order valence-corrected chi connectivity index (χ1v) is 10.9. The SMILES string of the molecule is NC(=O)C1=C(O)CC2C(O)C3C(=C(O)C2(O)C1=O)C(=O)c1c(O)cccc1/C3=C\c1ccc(F)cc1. The molecule has 0 aromatic heterocycles. The molecule has 0 saturated heterocycles. The van der Waals surface area contributed by atoms with E-state index in [-0.39, 0.29) is 16.7 Å². The Kier molecular flexibility index (Phi) is 5.13. The Hall–Kier alpha value is -4.28. The topological polar surface area (TPSA) is 178 Å². The molecule has 2 aromatic carbocycles. The second kappa shape index (κ2) is 7.87. The van der Waals surface area contributed by atoms with Gasteiger partial charge < -0.3 is 31.3 Å². The second-order valence-corrected chi connectivity index (χ2v) is 9.00. The van der Waals surface area contributed by atoms with E-state index in [1.165, 1.54) is 48.5 Å². The van der Waals surface area contributed by atoms with Crippen LogP contribution in [0.5, 0.6) is 5.75 Å². The predicted molar refractivity (Wildman–Crippen MR) is 123 cm³/mol. The van der Waals surface area contributed by atoms with Crippen LogP contribution in [0.4, 0.5) is 4.39 Å². The number of aliphatic hydroxyl groups is 4. The van der Waals surface area contributed by atoms with Gasteiger partial charge in [-0.05, 0) is 34.9 Å². The highest BCUT2D eigenvalue weighted by molar-refractivity contribution is 6.25. The van der Waals surface area contributed by atoms with E-state index < -0.39 is 81.7 Å². The molecule has 4 atom stereocenters. The number of benzene rings is 2. The van der Waals surface area contributed by atoms with Gasteiger partial charge in [-0.2, -0.15) is 0 Å². The first-order valence-electron chi connectivity index (χ1n) is 10.9. The molecule has 0 fully saturated rings. The Labute approximate surface area is 202 Å². The second-order valence-electron chi connectivity index (χ2n) is 9.00. The first-order chi connectivity index (χ1) is 17.0. The number of phenolic OH excluding ortho intramolecular Hbond substituents is 1. The summed E-state index contributed by atoms with van der Waals surface area (Å²) in [6.07, 6.45) is -0.793. The standard InChI is InChI=1S/C26H20FNO8/c27-11-6-4-10(5-7-11)8-13-12-2-1-3-15(29)17(12)22(32)20-18(13)21(31)14-9-16(30)19(25(28)35)23(33)26(14,36)24(20)34/h1-8,14,18,21,29-31,34,36H,9H2,(H2,28,35)/b13-8+. The van der Waals surface area contributed by atoms with Gasteiger partial charge in [-0.1, -0.05) is 30.3 Å². The van der Waals surface area contributed by atoms with E-state index in [1.54, 1.807) is 0 Å². The lowest BCUT2D eigenvalue weighted by Crippen LogP contribution is -2.62. The summed E-state index contributed by atoms with van der Waals surface area (Å²) in [6, 6.07) is 9.49. The summed E-state index contributed by atoms with van der Waals surface area (Å²) < 4.78 is 13.5. The summed E-state index contributed by atoms with van der Waals surface area (Å²) in [4.78, 5) is 38.4. The lowest BCUT2D eigenvalue weighted by atomic mass is 9.57. The lowest BCUT2D eigenvalue weighted by molar-refractivity contribution is -0.152. The molecule has 0 radical (unpaired) electrons. The van der Waals surface area contributed by atoms with E-state index in [4.69, 9.17) is 5.73 Å². The van der Waals surface area contributed by atoms with Gasteiger partial charge in [-0.3, -0.25) is 14.4 Å². The fraction of sp³-hybridized carbons (Fsp3) is 0.192. The van der Waals surface area contributed by atoms with Crippen LogP contribution in [-0.4, -0.2) is 54.7 Å². The fourth-order valence-corrected chi connectivity index (χ4v) is 5.42. The van der Waals surface area contributed by atoms with Crippen LogP contribution < -0.4 is 5.73 Å². The molecule has 0 aliphatic heterocycles. The number of carbonyl (C=O) groups is 3. The molecule has 5 rings (SSSR count). The van der Waals surface area contributed by atoms with Crippen LogP contribution in [0.2, 0.25) is 0 Å². The number of aromatic hydroxyl groups is 1. The maximum atomic E-state index is 13.5. The van der Waals surface area contributed by atoms with Gasteiger partial charge in [0.1, 0.15) is 28.7 Å². The summed E-state index contributed by atoms with van der Waals surface area (Å²) in [6.45, 7) is 0. The van der Waals surface area contributed by atoms with Gasteiger partial charge in [0.2, 0.25) is 5.78 Å². The van der Waals surface area contributed by atoms with Gasteiger partial charge in [0, 0.05) is 18.3 Å². The molecule has 9 nitrogen and oxygen atoms in total. The first kappa shape index (κ1) is 23.5. The minimum Gasteiger partial charge on any atom is -0.511 e. The summed E-state index contributed by atoms with van der Waals surface area (Å²) in [5.41, 5.74) is 1.43. The molecule has 0 saturated carbocycles. The van der Waals surface area contributed by atoms with Crippen LogP contribution in [0.15, 0.2) is 65.1 Å². The molecule has 4 unspecified atom stereocenters. The summed E-state index contributed by atoms with van der Waals surface area (Å²) in [5.74, 6) is -9.43. The van der Waals surface area contributed by atoms with Crippen molar-refractivity contribution < 1.29 is 44.3 Å². The van der Waals surface area contributed by atoms with Crippen LogP contribution in [0, 0.1) is 17.7 Å². The number of ketones is 2. The molecule has 3 aliphatic rings. The molecule has 2 aromatic rings. The monoisotopic (exact) mass is 493 g/mol. The van der Waals surface area contributed by atoms with Crippen LogP contribution in [0.1, 0.15) is 27.9 Å². The van der Waals surface area contributed by atoms with Crippen LogP contribution in [0.25, 0.3) is 11.6 Å². The van der Waals surface area contributed by atoms with Crippen molar-refractivity contribution in [2.45, 2.75) is 18.1 Å². The van der Waals surface area contributed by atoms with Crippen molar-refractivity contribution in [1.82, 2.24) is 0 Å². The number of aliphatic hydroxyl groups excluding tert-OH is 3. The van der Waals surface area contributed by atoms with Crippen LogP contribution >= 0.6 is 0 Å². The highest BCUT2D eigenvalue weighted by Gasteiger charge is 2.63. The number of nitrogens with two attached hydrogens (primary N) is 1. The van der Waals surface area contributed by atoms with E-state index in [0.717, 1.165) is 0 Å². The van der Waals surface area contributed by atoms with E-state index in [2.05, 4.69) is 0 Å². The van der Waals surface area contributed by atoms with E-state index in [0.29, 0.717) is 5.56 Å². The van der Waals surface area contributed by atoms with Crippen molar-refractivity contribution >= 4 is 29.1 Å². The van der Waals surface area contributed by atoms with Crippen LogP contribution in [0.3, 0.4) is 0 Å². The molecule has 3 aliphatic carbocycles. The number of fused-ring (bicyclic) bond motifs is 3. The summed E-state index contributed by atoms with van der Waals surface area (Å²) in [7, 11) is 0. The van der Waals surface area contributed by atoms with Crippen molar-refractivity contribution in [2.24, 2.45) is 17.6 Å². The minimum atomic E-state index is -2.93. The maximum Gasteiger partial charge on any atom is 0.255 e. The Bertz CT molecular complexity index is 1450. The third-order valence-electron chi connectivity index (χ3n) is 7.09. The molecular formula is C26H20FNO8. The van der Waals surface area contributed by atoms with Gasteiger partial charge in [0.25, 0.3) is 5.91 Å². The Morgan fingerprint density at radius 1 is 1.08 bits per heavy atom. The highest BCUT2D eigenvalue weighted by atomic mass is 19.1. The number of halogens is 1. The van der Waals surface area contributed by atoms with Gasteiger partial charge in [0.05, 0.1) is 17.2 Å². The van der Waals surface area contributed by atoms with Gasteiger partial charge in [0.15, 0.2) is 11.4 Å². The van der Waals surface area contributed by atoms with Gasteiger partial charge in [-0.15, -0.1) is 0 Å². The number of primary amides is 1. The Balaban J connectivity index is 1.82. The normalized spacial score (nSPS) is 28.6. The van der Waals surface area contributed by atoms with Crippen molar-refractivity contribution in [3.8, 4) is 5.75 Å². The maximum absolute atomic E-state index is 13.5. The van der Waals surface area contributed by atoms with E-state index in [9.17, 15) is 44.3 Å². The Morgan fingerprint density at radius 3 is 2.39 bits per heavy atom. The van der Waals surface area contributed by atoms with Crippen molar-refractivity contribution in [3.63, 3.8) is 0 Å². The van der Waals surface area contributed by atoms with E-state index in [1.807, 2.05) is 0 Å². The molecule has 36 heavy (non-hydrogen) atoms. The molecule has 10 heteroatoms. The minimum absolute atomic E-state index is 0.218. The van der Waals surface area contributed by atoms with Crippen molar-refractivity contribution in [1.29, 1.82) is 0 Å². The summed E-state index contributed by atoms with van der Waals surface area (Å²) >= 11 is 0. The molecule has 0 bridgehead atoms. The molecule has 0 heterocycles. The smallest absolute Gasteiger partial charge is 0.255 e. The van der Waals surface area contributed by atoms with E-state index >= 15 is 0 Å². The molecule has 1 amide bonds. The Morgan fingerprint density at radius 2 is 1.75 bits per heavy atom. The van der Waals surface area contributed by atoms with Crippen molar-refractivity contribution in [2.75, 3.05) is 0 Å². The number of hydrogen-bond acceptors (Lipinski definition) is 8. The molecule has 184 valence electrons. The fourth-order valence-electron chi connectivity index (χ4n) is 5.42. The number of hydrogen-bond donors (Lipinski definition) is 6. The highest BCUT2D eigenvalue weighted by Crippen LogP contribution is 2.55. The largest absolute Gasteiger partial charge is 0.511 e. The summed E-state index contributed by atoms with van der Waals surface area (Å²) in [5, 5.41) is 54.8. The average Bonchev–Trinajstić information content (AvgIpc) is 2.82. The number of phenols is 1. The zero-order chi connectivity index (χ0) is 26.1. The molecule has 0 spiro atoms. The quantitative estimate of drug-likeness (QED) is 0.342. The number of amides is 1. The third kappa shape index (κ3) is 3.05. The average molecular weight is 493 g/mol. The number of allylic oxidation sites excluding steroid dienone is 1. The zero-order valence-electron chi connectivity index (χ0n) is 18.5. The number of carbonyl (C=O) groups excluding carboxylic acids is 3. The molecule has 7 N–H and O–H groups in total. The molecular weight excluding hydrogens is 473 g/mol. The number of rotatable bonds is 2. The zero-order valence-corrected chi connectivity index (χ0v) is 18.5. The lowest BCUT2D eigenvalue weighted by Gasteiger charge is -2.49. The van der Waals surface area contributed by atoms with Crippen LogP contribution in [-0.2, 0) is 9.59 Å².